The lowest BCUT2D eigenvalue weighted by atomic mass is 10.2. The number of thiazole rings is 1. The van der Waals surface area contributed by atoms with Crippen LogP contribution in [0, 0.1) is 11.3 Å². The molecule has 1 aliphatic rings. The number of benzene rings is 4. The number of amides is 1. The van der Waals surface area contributed by atoms with Gasteiger partial charge < -0.3 is 10.1 Å². The molecule has 0 saturated heterocycles. The summed E-state index contributed by atoms with van der Waals surface area (Å²) in [5, 5.41) is 14.8. The molecule has 0 spiro atoms. The van der Waals surface area contributed by atoms with Crippen LogP contribution < -0.4 is 15.0 Å². The number of ether oxygens (including phenoxy) is 1. The molecule has 0 atom stereocenters. The SMILES string of the molecule is COc1cccc(NC(SCC(=O)N2c3ccccc3Sc3ccccc32)=C(C#N)c2nc3ccccc3s2)c1. The summed E-state index contributed by atoms with van der Waals surface area (Å²) in [6, 6.07) is 33.4. The molecule has 0 aliphatic carbocycles. The first-order valence-corrected chi connectivity index (χ1v) is 15.0. The molecule has 1 aromatic heterocycles. The molecular formula is C31H22N4O2S3. The van der Waals surface area contributed by atoms with Crippen LogP contribution in [0.15, 0.2) is 112 Å². The monoisotopic (exact) mass is 578 g/mol. The maximum absolute atomic E-state index is 13.9. The summed E-state index contributed by atoms with van der Waals surface area (Å²) in [4.78, 5) is 22.4. The van der Waals surface area contributed by atoms with Crippen LogP contribution in [0.2, 0.25) is 0 Å². The van der Waals surface area contributed by atoms with Gasteiger partial charge in [-0.1, -0.05) is 66.0 Å². The van der Waals surface area contributed by atoms with Gasteiger partial charge in [0.15, 0.2) is 0 Å². The highest BCUT2D eigenvalue weighted by Crippen LogP contribution is 2.48. The van der Waals surface area contributed by atoms with E-state index in [-0.39, 0.29) is 11.7 Å². The van der Waals surface area contributed by atoms with Crippen molar-refractivity contribution in [2.45, 2.75) is 9.79 Å². The Hall–Kier alpha value is -4.23. The van der Waals surface area contributed by atoms with Gasteiger partial charge in [0, 0.05) is 21.5 Å². The average molecular weight is 579 g/mol. The summed E-state index contributed by atoms with van der Waals surface area (Å²) in [5.74, 6) is 0.704. The summed E-state index contributed by atoms with van der Waals surface area (Å²) in [5.41, 5.74) is 3.67. The molecule has 1 amide bonds. The standard InChI is InChI=1S/C31H22N4O2S3/c1-37-21-10-8-9-20(17-21)33-30(22(18-32)31-34-23-11-2-5-14-26(23)40-31)38-19-29(36)35-24-12-3-6-15-27(24)39-28-16-7-4-13-25(28)35/h2-17,33H,19H2,1H3. The number of nitrogens with one attached hydrogen (secondary N) is 1. The first-order chi connectivity index (χ1) is 19.6. The fraction of sp³-hybridized carbons (Fsp3) is 0.0645. The second kappa shape index (κ2) is 11.5. The number of rotatable bonds is 7. The van der Waals surface area contributed by atoms with E-state index >= 15 is 0 Å². The zero-order valence-corrected chi connectivity index (χ0v) is 23.8. The molecule has 0 fully saturated rings. The molecule has 40 heavy (non-hydrogen) atoms. The lowest BCUT2D eigenvalue weighted by molar-refractivity contribution is -0.115. The number of hydrogen-bond donors (Lipinski definition) is 1. The smallest absolute Gasteiger partial charge is 0.242 e. The maximum atomic E-state index is 13.9. The van der Waals surface area contributed by atoms with Gasteiger partial charge in [-0.25, -0.2) is 4.98 Å². The van der Waals surface area contributed by atoms with E-state index < -0.39 is 0 Å². The van der Waals surface area contributed by atoms with E-state index in [0.717, 1.165) is 37.1 Å². The molecule has 1 aliphatic heterocycles. The summed E-state index contributed by atoms with van der Waals surface area (Å²) in [6.07, 6.45) is 0. The third-order valence-electron chi connectivity index (χ3n) is 6.20. The minimum absolute atomic E-state index is 0.0864. The number of anilines is 3. The zero-order valence-electron chi connectivity index (χ0n) is 21.3. The number of nitrogens with zero attached hydrogens (tertiary/aromatic N) is 3. The van der Waals surface area contributed by atoms with Gasteiger partial charge in [0.2, 0.25) is 5.91 Å². The van der Waals surface area contributed by atoms with Crippen LogP contribution >= 0.6 is 34.9 Å². The number of thioether (sulfide) groups is 1. The van der Waals surface area contributed by atoms with Gasteiger partial charge in [0.05, 0.1) is 39.5 Å². The molecule has 0 unspecified atom stereocenters. The summed E-state index contributed by atoms with van der Waals surface area (Å²) >= 11 is 4.40. The van der Waals surface area contributed by atoms with E-state index in [1.165, 1.54) is 23.1 Å². The number of methoxy groups -OCH3 is 1. The second-order valence-corrected chi connectivity index (χ2v) is 11.8. The highest BCUT2D eigenvalue weighted by Gasteiger charge is 2.28. The quantitative estimate of drug-likeness (QED) is 0.195. The fourth-order valence-electron chi connectivity index (χ4n) is 4.35. The second-order valence-electron chi connectivity index (χ2n) is 8.71. The van der Waals surface area contributed by atoms with Gasteiger partial charge in [-0.3, -0.25) is 9.69 Å². The third-order valence-corrected chi connectivity index (χ3v) is 9.37. The molecule has 4 aromatic carbocycles. The van der Waals surface area contributed by atoms with Gasteiger partial charge in [-0.2, -0.15) is 5.26 Å². The van der Waals surface area contributed by atoms with Gasteiger partial charge >= 0.3 is 0 Å². The van der Waals surface area contributed by atoms with Crippen LogP contribution in [0.3, 0.4) is 0 Å². The predicted molar refractivity (Wildman–Crippen MR) is 165 cm³/mol. The Kier molecular flexibility index (Phi) is 7.47. The number of allylic oxidation sites excluding steroid dienone is 1. The number of carbonyl (C=O) groups excluding carboxylic acids is 1. The third kappa shape index (κ3) is 5.17. The van der Waals surface area contributed by atoms with Crippen LogP contribution in [0.25, 0.3) is 15.8 Å². The number of hydrogen-bond acceptors (Lipinski definition) is 8. The lowest BCUT2D eigenvalue weighted by Crippen LogP contribution is -2.30. The van der Waals surface area contributed by atoms with Crippen molar-refractivity contribution in [3.05, 3.63) is 107 Å². The maximum Gasteiger partial charge on any atom is 0.242 e. The highest BCUT2D eigenvalue weighted by atomic mass is 32.2. The normalized spacial score (nSPS) is 12.7. The van der Waals surface area contributed by atoms with E-state index in [4.69, 9.17) is 9.72 Å². The van der Waals surface area contributed by atoms with Crippen molar-refractivity contribution in [2.24, 2.45) is 0 Å². The number of aromatic nitrogens is 1. The molecule has 1 N–H and O–H groups in total. The topological polar surface area (TPSA) is 78.2 Å². The zero-order chi connectivity index (χ0) is 27.5. The predicted octanol–water partition coefficient (Wildman–Crippen LogP) is 8.17. The molecule has 6 rings (SSSR count). The first-order valence-electron chi connectivity index (χ1n) is 12.4. The number of carbonyl (C=O) groups is 1. The first kappa shape index (κ1) is 26.0. The molecular weight excluding hydrogens is 557 g/mol. The van der Waals surface area contributed by atoms with Gasteiger partial charge in [-0.05, 0) is 48.5 Å². The Bertz CT molecular complexity index is 1730. The minimum atomic E-state index is -0.0864. The van der Waals surface area contributed by atoms with E-state index in [2.05, 4.69) is 11.4 Å². The van der Waals surface area contributed by atoms with Crippen molar-refractivity contribution in [3.8, 4) is 11.8 Å². The van der Waals surface area contributed by atoms with Crippen LogP contribution in [0.5, 0.6) is 5.75 Å². The highest BCUT2D eigenvalue weighted by molar-refractivity contribution is 8.04. The Morgan fingerprint density at radius 2 is 1.68 bits per heavy atom. The van der Waals surface area contributed by atoms with Crippen molar-refractivity contribution in [3.63, 3.8) is 0 Å². The van der Waals surface area contributed by atoms with E-state index in [1.54, 1.807) is 23.8 Å². The van der Waals surface area contributed by atoms with Gasteiger partial charge in [0.1, 0.15) is 22.4 Å². The number of para-hydroxylation sites is 3. The number of nitriles is 1. The van der Waals surface area contributed by atoms with Crippen LogP contribution in [0.1, 0.15) is 5.01 Å². The van der Waals surface area contributed by atoms with Gasteiger partial charge in [0.25, 0.3) is 0 Å². The summed E-state index contributed by atoms with van der Waals surface area (Å²) < 4.78 is 6.38. The van der Waals surface area contributed by atoms with Gasteiger partial charge in [-0.15, -0.1) is 11.3 Å². The molecule has 6 nitrogen and oxygen atoms in total. The Morgan fingerprint density at radius 1 is 0.975 bits per heavy atom. The Labute approximate surface area is 244 Å². The van der Waals surface area contributed by atoms with E-state index in [9.17, 15) is 10.1 Å². The van der Waals surface area contributed by atoms with Crippen molar-refractivity contribution in [1.29, 1.82) is 5.26 Å². The Morgan fingerprint density at radius 3 is 2.38 bits per heavy atom. The van der Waals surface area contributed by atoms with Crippen molar-refractivity contribution in [2.75, 3.05) is 23.1 Å². The van der Waals surface area contributed by atoms with Crippen LogP contribution in [-0.2, 0) is 4.79 Å². The Balaban J connectivity index is 1.37. The molecule has 196 valence electrons. The molecule has 2 heterocycles. The van der Waals surface area contributed by atoms with E-state index in [0.29, 0.717) is 21.4 Å². The lowest BCUT2D eigenvalue weighted by Gasteiger charge is -2.31. The minimum Gasteiger partial charge on any atom is -0.497 e. The summed E-state index contributed by atoms with van der Waals surface area (Å²) in [7, 11) is 1.61. The van der Waals surface area contributed by atoms with Crippen LogP contribution in [0.4, 0.5) is 17.1 Å². The largest absolute Gasteiger partial charge is 0.497 e. The van der Waals surface area contributed by atoms with Crippen molar-refractivity contribution < 1.29 is 9.53 Å². The average Bonchev–Trinajstić information content (AvgIpc) is 3.42. The molecule has 5 aromatic rings. The van der Waals surface area contributed by atoms with E-state index in [1.807, 2.05) is 97.1 Å². The fourth-order valence-corrected chi connectivity index (χ4v) is 7.31. The number of fused-ring (bicyclic) bond motifs is 3. The molecule has 9 heteroatoms. The van der Waals surface area contributed by atoms with Crippen LogP contribution in [-0.4, -0.2) is 23.8 Å². The summed E-state index contributed by atoms with van der Waals surface area (Å²) in [6.45, 7) is 0. The molecule has 0 radical (unpaired) electrons. The van der Waals surface area contributed by atoms with Crippen molar-refractivity contribution in [1.82, 2.24) is 4.98 Å². The molecule has 0 saturated carbocycles. The van der Waals surface area contributed by atoms with Crippen molar-refractivity contribution >= 4 is 73.6 Å². The molecule has 0 bridgehead atoms.